The van der Waals surface area contributed by atoms with E-state index in [1.165, 1.54) is 24.3 Å². The number of carbonyl (C=O) groups is 3. The Kier molecular flexibility index (Phi) is 14.4. The summed E-state index contributed by atoms with van der Waals surface area (Å²) in [7, 11) is 0. The number of hydrogen-bond acceptors (Lipinski definition) is 14. The molecule has 7 N–H and O–H groups in total. The molecule has 68 heavy (non-hydrogen) atoms. The molecule has 6 aromatic carbocycles. The van der Waals surface area contributed by atoms with E-state index in [1.54, 1.807) is 29.2 Å². The normalized spacial score (nSPS) is 12.2. The lowest BCUT2D eigenvalue weighted by atomic mass is 10.1. The van der Waals surface area contributed by atoms with Gasteiger partial charge in [0.25, 0.3) is 0 Å². The van der Waals surface area contributed by atoms with E-state index in [1.807, 2.05) is 78.9 Å². The highest BCUT2D eigenvalue weighted by Crippen LogP contribution is 2.31. The van der Waals surface area contributed by atoms with Gasteiger partial charge < -0.3 is 54.3 Å². The van der Waals surface area contributed by atoms with Crippen LogP contribution in [0, 0.1) is 0 Å². The van der Waals surface area contributed by atoms with Gasteiger partial charge in [-0.25, -0.2) is 24.5 Å². The minimum Gasteiger partial charge on any atom is -0.478 e. The lowest BCUT2D eigenvalue weighted by Crippen LogP contribution is -2.23. The molecule has 1 fully saturated rings. The molecule has 17 nitrogen and oxygen atoms in total. The number of nitrogens with one attached hydrogen (secondary N) is 2. The number of nitrogens with zero attached hydrogens (tertiary/aromatic N) is 4. The number of fused-ring (bicyclic) bond motifs is 3. The molecule has 1 amide bonds. The maximum Gasteiger partial charge on any atom is 0.335 e. The van der Waals surface area contributed by atoms with Crippen molar-refractivity contribution in [3.63, 3.8) is 0 Å². The van der Waals surface area contributed by atoms with Crippen molar-refractivity contribution in [1.29, 1.82) is 0 Å². The SMILES string of the molecule is O=C(O)c1ccc2oc(-c3ccc(NCCCO)cc3)nc2c1.O=C(O)c1cccc(-c2nc3ccc(NCCO)cc3o2)c1.O=C1CCCN1c1ccc2oc(-c3cccc(CO)c3)nc2c1. The molecule has 0 spiro atoms. The summed E-state index contributed by atoms with van der Waals surface area (Å²) in [6.45, 7) is 2.10. The third kappa shape index (κ3) is 11.0. The third-order valence-electron chi connectivity index (χ3n) is 10.7. The number of aromatic nitrogens is 3. The van der Waals surface area contributed by atoms with Gasteiger partial charge in [-0.05, 0) is 122 Å². The Bertz CT molecular complexity index is 3210. The fourth-order valence-corrected chi connectivity index (χ4v) is 7.30. The van der Waals surface area contributed by atoms with Crippen molar-refractivity contribution in [2.75, 3.05) is 48.4 Å². The highest BCUT2D eigenvalue weighted by atomic mass is 16.4. The van der Waals surface area contributed by atoms with Crippen molar-refractivity contribution in [3.05, 3.63) is 144 Å². The lowest BCUT2D eigenvalue weighted by molar-refractivity contribution is -0.117. The van der Waals surface area contributed by atoms with Crippen molar-refractivity contribution >= 4 is 68.2 Å². The number of carboxylic acids is 2. The summed E-state index contributed by atoms with van der Waals surface area (Å²) in [5, 5.41) is 51.1. The summed E-state index contributed by atoms with van der Waals surface area (Å²) in [5.74, 6) is -0.492. The van der Waals surface area contributed by atoms with Crippen LogP contribution >= 0.6 is 0 Å². The third-order valence-corrected chi connectivity index (χ3v) is 10.7. The predicted molar refractivity (Wildman–Crippen MR) is 256 cm³/mol. The first-order valence-corrected chi connectivity index (χ1v) is 21.7. The number of aromatic carboxylic acids is 2. The number of amides is 1. The molecule has 0 unspecified atom stereocenters. The first kappa shape index (κ1) is 46.2. The standard InChI is InChI=1S/C18H16N2O3.C17H16N2O4.C16H14N2O4/c21-11-12-3-1-4-13(9-12)18-19-15-10-14(6-7-16(15)23-18)20-8-2-5-17(20)22;20-9-1-8-18-13-5-2-11(3-6-13)16-19-14-10-12(17(21)22)4-7-15(14)23-16;19-7-6-17-12-4-5-13-14(9-12)22-15(18-13)10-2-1-3-11(8-10)16(20)21/h1,3-4,6-7,9-10,21H,2,5,8,11H2;2-7,10,18,20H,1,8-9H2,(H,21,22);1-5,8-9,17,19H,6-7H2,(H,20,21). The van der Waals surface area contributed by atoms with E-state index in [2.05, 4.69) is 25.6 Å². The molecule has 1 saturated heterocycles. The quantitative estimate of drug-likeness (QED) is 0.0503. The second-order valence-corrected chi connectivity index (χ2v) is 15.5. The van der Waals surface area contributed by atoms with Crippen LogP contribution in [-0.4, -0.2) is 91.2 Å². The van der Waals surface area contributed by atoms with E-state index in [4.69, 9.17) is 33.7 Å². The molecule has 346 valence electrons. The van der Waals surface area contributed by atoms with Gasteiger partial charge in [0.15, 0.2) is 16.7 Å². The Balaban J connectivity index is 0.000000138. The zero-order valence-corrected chi connectivity index (χ0v) is 36.5. The molecule has 9 aromatic rings. The van der Waals surface area contributed by atoms with Crippen LogP contribution in [0.25, 0.3) is 67.7 Å². The minimum atomic E-state index is -0.992. The molecule has 0 radical (unpaired) electrons. The van der Waals surface area contributed by atoms with E-state index < -0.39 is 11.9 Å². The summed E-state index contributed by atoms with van der Waals surface area (Å²) >= 11 is 0. The molecular weight excluding hydrogens is 873 g/mol. The molecule has 0 atom stereocenters. The highest BCUT2D eigenvalue weighted by molar-refractivity contribution is 5.97. The van der Waals surface area contributed by atoms with Gasteiger partial charge in [-0.1, -0.05) is 18.2 Å². The van der Waals surface area contributed by atoms with Crippen LogP contribution in [0.5, 0.6) is 0 Å². The van der Waals surface area contributed by atoms with Gasteiger partial charge in [-0.3, -0.25) is 4.79 Å². The predicted octanol–water partition coefficient (Wildman–Crippen LogP) is 8.70. The van der Waals surface area contributed by atoms with E-state index in [9.17, 15) is 19.5 Å². The van der Waals surface area contributed by atoms with Crippen LogP contribution in [0.3, 0.4) is 0 Å². The fourth-order valence-electron chi connectivity index (χ4n) is 7.30. The maximum atomic E-state index is 11.9. The van der Waals surface area contributed by atoms with Gasteiger partial charge in [-0.2, -0.15) is 0 Å². The van der Waals surface area contributed by atoms with E-state index in [0.717, 1.165) is 52.2 Å². The fraction of sp³-hybridized carbons (Fsp3) is 0.176. The Hall–Kier alpha value is -8.38. The Morgan fingerprint density at radius 3 is 1.87 bits per heavy atom. The summed E-state index contributed by atoms with van der Waals surface area (Å²) in [6, 6.07) is 37.2. The van der Waals surface area contributed by atoms with Crippen LogP contribution in [0.15, 0.2) is 141 Å². The smallest absolute Gasteiger partial charge is 0.335 e. The number of anilines is 3. The van der Waals surface area contributed by atoms with Crippen molar-refractivity contribution in [1.82, 2.24) is 15.0 Å². The van der Waals surface area contributed by atoms with Crippen molar-refractivity contribution in [2.45, 2.75) is 25.9 Å². The van der Waals surface area contributed by atoms with Gasteiger partial charge in [0.2, 0.25) is 23.6 Å². The van der Waals surface area contributed by atoms with Gasteiger partial charge in [-0.15, -0.1) is 0 Å². The summed E-state index contributed by atoms with van der Waals surface area (Å²) < 4.78 is 17.2. The van der Waals surface area contributed by atoms with Gasteiger partial charge in [0, 0.05) is 72.5 Å². The molecule has 0 aliphatic carbocycles. The summed E-state index contributed by atoms with van der Waals surface area (Å²) in [6.07, 6.45) is 2.20. The molecule has 4 heterocycles. The average Bonchev–Trinajstić information content (AvgIpc) is 4.19. The van der Waals surface area contributed by atoms with Crippen LogP contribution in [-0.2, 0) is 11.4 Å². The van der Waals surface area contributed by atoms with E-state index >= 15 is 0 Å². The van der Waals surface area contributed by atoms with E-state index in [-0.39, 0.29) is 36.9 Å². The van der Waals surface area contributed by atoms with Crippen molar-refractivity contribution in [3.8, 4) is 34.4 Å². The second-order valence-electron chi connectivity index (χ2n) is 15.5. The van der Waals surface area contributed by atoms with Crippen LogP contribution < -0.4 is 15.5 Å². The van der Waals surface area contributed by atoms with Crippen molar-refractivity contribution < 1.29 is 53.2 Å². The number of hydrogen-bond donors (Lipinski definition) is 7. The first-order chi connectivity index (χ1) is 33.1. The topological polar surface area (TPSA) is 258 Å². The highest BCUT2D eigenvalue weighted by Gasteiger charge is 2.23. The second kappa shape index (κ2) is 21.3. The summed E-state index contributed by atoms with van der Waals surface area (Å²) in [5.41, 5.74) is 9.83. The summed E-state index contributed by atoms with van der Waals surface area (Å²) in [4.78, 5) is 48.9. The van der Waals surface area contributed by atoms with Crippen LogP contribution in [0.2, 0.25) is 0 Å². The number of aliphatic hydroxyl groups is 3. The molecular formula is C51H46N6O11. The van der Waals surface area contributed by atoms with Gasteiger partial charge in [0.05, 0.1) is 24.3 Å². The largest absolute Gasteiger partial charge is 0.478 e. The molecule has 0 saturated carbocycles. The molecule has 1 aliphatic heterocycles. The van der Waals surface area contributed by atoms with Crippen LogP contribution in [0.4, 0.5) is 17.1 Å². The monoisotopic (exact) mass is 918 g/mol. The number of carbonyl (C=O) groups excluding carboxylic acids is 1. The number of carboxylic acid groups (broad SMARTS) is 2. The first-order valence-electron chi connectivity index (χ1n) is 21.7. The number of rotatable bonds is 14. The average molecular weight is 919 g/mol. The van der Waals surface area contributed by atoms with Crippen molar-refractivity contribution in [2.24, 2.45) is 0 Å². The molecule has 1 aliphatic rings. The van der Waals surface area contributed by atoms with Gasteiger partial charge in [0.1, 0.15) is 16.6 Å². The molecule has 10 rings (SSSR count). The van der Waals surface area contributed by atoms with Crippen LogP contribution in [0.1, 0.15) is 45.5 Å². The molecule has 3 aromatic heterocycles. The number of benzene rings is 6. The Morgan fingerprint density at radius 2 is 1.19 bits per heavy atom. The zero-order chi connectivity index (χ0) is 47.6. The lowest BCUT2D eigenvalue weighted by Gasteiger charge is -2.14. The van der Waals surface area contributed by atoms with Gasteiger partial charge >= 0.3 is 11.9 Å². The molecule has 0 bridgehead atoms. The minimum absolute atomic E-state index is 0.0186. The molecule has 17 heteroatoms. The number of aliphatic hydroxyl groups excluding tert-OH is 3. The zero-order valence-electron chi connectivity index (χ0n) is 36.5. The number of oxazole rings is 3. The Morgan fingerprint density at radius 1 is 0.574 bits per heavy atom. The maximum absolute atomic E-state index is 11.9. The Labute approximate surface area is 388 Å². The van der Waals surface area contributed by atoms with E-state index in [0.29, 0.717) is 76.9 Å².